The Morgan fingerprint density at radius 2 is 1.50 bits per heavy atom. The highest BCUT2D eigenvalue weighted by molar-refractivity contribution is 6.41. The average molecular weight is 345 g/mol. The monoisotopic (exact) mass is 345 g/mol. The zero-order valence-corrected chi connectivity index (χ0v) is 13.3. The van der Waals surface area contributed by atoms with E-state index >= 15 is 0 Å². The number of Topliss-reactive ketones (excluding diaryl/α,β-unsaturated/α-hetero) is 2. The Labute approximate surface area is 138 Å². The van der Waals surface area contributed by atoms with Crippen LogP contribution in [0.1, 0.15) is 19.8 Å². The van der Waals surface area contributed by atoms with E-state index in [-0.39, 0.29) is 6.42 Å². The number of likely N-dealkylation sites (N-methyl/N-ethyl adjacent to an activating group) is 1. The molecule has 0 aliphatic rings. The first-order chi connectivity index (χ1) is 11.1. The standard InChI is InChI=1S/C13H23N5O6/c1-2-17-7(4-10(16)21)13(24)18-8(5-19)12(23)11(22)6(14)3-9(15)20/h6-8,17,19H,2-5,14H2,1H3,(H2,15,20)(H2,16,21)(H,18,24)/t6-,7-,8-/m0/s1. The highest BCUT2D eigenvalue weighted by atomic mass is 16.3. The zero-order chi connectivity index (χ0) is 18.9. The third kappa shape index (κ3) is 7.26. The van der Waals surface area contributed by atoms with E-state index in [1.165, 1.54) is 0 Å². The predicted molar refractivity (Wildman–Crippen MR) is 82.1 cm³/mol. The van der Waals surface area contributed by atoms with Crippen LogP contribution in [0.25, 0.3) is 0 Å². The molecule has 3 amide bonds. The minimum Gasteiger partial charge on any atom is -0.394 e. The third-order valence-electron chi connectivity index (χ3n) is 2.99. The number of ketones is 2. The Hall–Kier alpha value is -2.37. The summed E-state index contributed by atoms with van der Waals surface area (Å²) in [5.41, 5.74) is 15.3. The van der Waals surface area contributed by atoms with Crippen molar-refractivity contribution in [3.05, 3.63) is 0 Å². The first kappa shape index (κ1) is 21.6. The van der Waals surface area contributed by atoms with E-state index in [9.17, 15) is 29.1 Å². The molecule has 0 aromatic rings. The summed E-state index contributed by atoms with van der Waals surface area (Å²) in [5, 5.41) is 14.0. The molecule has 0 unspecified atom stereocenters. The molecule has 0 aliphatic heterocycles. The number of aliphatic hydroxyl groups excluding tert-OH is 1. The number of amides is 3. The van der Waals surface area contributed by atoms with E-state index in [1.807, 2.05) is 0 Å². The van der Waals surface area contributed by atoms with Crippen LogP contribution in [0.2, 0.25) is 0 Å². The smallest absolute Gasteiger partial charge is 0.238 e. The maximum atomic E-state index is 12.1. The Kier molecular flexibility index (Phi) is 9.38. The molecule has 0 saturated heterocycles. The molecule has 0 aliphatic carbocycles. The van der Waals surface area contributed by atoms with Crippen molar-refractivity contribution in [1.29, 1.82) is 0 Å². The van der Waals surface area contributed by atoms with Crippen molar-refractivity contribution < 1.29 is 29.1 Å². The van der Waals surface area contributed by atoms with Crippen molar-refractivity contribution in [2.75, 3.05) is 13.2 Å². The quantitative estimate of drug-likeness (QED) is 0.190. The van der Waals surface area contributed by atoms with Crippen LogP contribution >= 0.6 is 0 Å². The van der Waals surface area contributed by atoms with Gasteiger partial charge >= 0.3 is 0 Å². The van der Waals surface area contributed by atoms with Gasteiger partial charge in [-0.3, -0.25) is 24.0 Å². The molecule has 9 N–H and O–H groups in total. The van der Waals surface area contributed by atoms with Crippen LogP contribution in [0, 0.1) is 0 Å². The minimum absolute atomic E-state index is 0.332. The topological polar surface area (TPSA) is 208 Å². The van der Waals surface area contributed by atoms with Crippen LogP contribution in [0.3, 0.4) is 0 Å². The van der Waals surface area contributed by atoms with Crippen LogP contribution in [0.4, 0.5) is 0 Å². The normalized spacial score (nSPS) is 14.3. The molecule has 0 fully saturated rings. The average Bonchev–Trinajstić information content (AvgIpc) is 2.49. The summed E-state index contributed by atoms with van der Waals surface area (Å²) in [6, 6.07) is -4.04. The Morgan fingerprint density at radius 3 is 1.92 bits per heavy atom. The molecule has 3 atom stereocenters. The highest BCUT2D eigenvalue weighted by Crippen LogP contribution is 1.99. The number of hydrogen-bond acceptors (Lipinski definition) is 8. The first-order valence-corrected chi connectivity index (χ1v) is 7.18. The molecular weight excluding hydrogens is 322 g/mol. The molecule has 0 heterocycles. The summed E-state index contributed by atoms with van der Waals surface area (Å²) in [6.45, 7) is 1.16. The molecule has 0 aromatic heterocycles. The Bertz CT molecular complexity index is 509. The number of hydrogen-bond donors (Lipinski definition) is 6. The number of aliphatic hydroxyl groups is 1. The Balaban J connectivity index is 4.96. The molecule has 11 heteroatoms. The van der Waals surface area contributed by atoms with Gasteiger partial charge in [0.05, 0.1) is 25.1 Å². The second kappa shape index (κ2) is 10.4. The zero-order valence-electron chi connectivity index (χ0n) is 13.3. The molecule has 0 bridgehead atoms. The summed E-state index contributed by atoms with van der Waals surface area (Å²) in [5.74, 6) is -4.74. The molecule has 0 aromatic carbocycles. The third-order valence-corrected chi connectivity index (χ3v) is 2.99. The number of nitrogens with one attached hydrogen (secondary N) is 2. The summed E-state index contributed by atoms with van der Waals surface area (Å²) in [6.07, 6.45) is -0.875. The number of nitrogens with two attached hydrogens (primary N) is 3. The van der Waals surface area contributed by atoms with E-state index < -0.39 is 60.4 Å². The van der Waals surface area contributed by atoms with Crippen LogP contribution in [-0.4, -0.2) is 65.7 Å². The van der Waals surface area contributed by atoms with Gasteiger partial charge in [0, 0.05) is 6.42 Å². The van der Waals surface area contributed by atoms with Gasteiger partial charge in [-0.05, 0) is 6.54 Å². The van der Waals surface area contributed by atoms with Crippen LogP contribution in [-0.2, 0) is 24.0 Å². The highest BCUT2D eigenvalue weighted by Gasteiger charge is 2.32. The summed E-state index contributed by atoms with van der Waals surface area (Å²) >= 11 is 0. The van der Waals surface area contributed by atoms with Crippen LogP contribution in [0.15, 0.2) is 0 Å². The lowest BCUT2D eigenvalue weighted by molar-refractivity contribution is -0.141. The molecule has 11 nitrogen and oxygen atoms in total. The van der Waals surface area contributed by atoms with Gasteiger partial charge in [0.1, 0.15) is 6.04 Å². The molecule has 0 rings (SSSR count). The molecule has 136 valence electrons. The molecule has 0 radical (unpaired) electrons. The predicted octanol–water partition coefficient (Wildman–Crippen LogP) is -4.34. The van der Waals surface area contributed by atoms with Gasteiger partial charge < -0.3 is 32.9 Å². The number of rotatable bonds is 12. The number of carbonyl (C=O) groups excluding carboxylic acids is 5. The van der Waals surface area contributed by atoms with Gasteiger partial charge in [-0.25, -0.2) is 0 Å². The minimum atomic E-state index is -1.56. The van der Waals surface area contributed by atoms with Gasteiger partial charge in [-0.2, -0.15) is 0 Å². The van der Waals surface area contributed by atoms with Gasteiger partial charge in [0.15, 0.2) is 0 Å². The number of carbonyl (C=O) groups is 5. The second-order valence-electron chi connectivity index (χ2n) is 5.03. The molecule has 0 saturated carbocycles. The van der Waals surface area contributed by atoms with E-state index in [4.69, 9.17) is 17.2 Å². The lowest BCUT2D eigenvalue weighted by Gasteiger charge is -2.21. The SMILES string of the molecule is CCN[C@@H](CC(N)=O)C(=O)N[C@@H](CO)C(=O)C(=O)[C@@H](N)CC(N)=O. The van der Waals surface area contributed by atoms with Crippen molar-refractivity contribution >= 4 is 29.3 Å². The maximum absolute atomic E-state index is 12.1. The van der Waals surface area contributed by atoms with Crippen molar-refractivity contribution in [2.45, 2.75) is 37.9 Å². The molecule has 24 heavy (non-hydrogen) atoms. The van der Waals surface area contributed by atoms with Crippen molar-refractivity contribution in [2.24, 2.45) is 17.2 Å². The fourth-order valence-electron chi connectivity index (χ4n) is 1.84. The van der Waals surface area contributed by atoms with Crippen LogP contribution < -0.4 is 27.8 Å². The van der Waals surface area contributed by atoms with Gasteiger partial charge in [0.2, 0.25) is 29.3 Å². The van der Waals surface area contributed by atoms with Crippen molar-refractivity contribution in [3.8, 4) is 0 Å². The van der Waals surface area contributed by atoms with E-state index in [1.54, 1.807) is 6.92 Å². The van der Waals surface area contributed by atoms with Crippen molar-refractivity contribution in [3.63, 3.8) is 0 Å². The molecule has 0 spiro atoms. The lowest BCUT2D eigenvalue weighted by atomic mass is 10.0. The Morgan fingerprint density at radius 1 is 0.958 bits per heavy atom. The lowest BCUT2D eigenvalue weighted by Crippen LogP contribution is -2.55. The molecular formula is C13H23N5O6. The largest absolute Gasteiger partial charge is 0.394 e. The first-order valence-electron chi connectivity index (χ1n) is 7.18. The van der Waals surface area contributed by atoms with Crippen molar-refractivity contribution in [1.82, 2.24) is 10.6 Å². The fraction of sp³-hybridized carbons (Fsp3) is 0.615. The van der Waals surface area contributed by atoms with Gasteiger partial charge in [-0.15, -0.1) is 0 Å². The summed E-state index contributed by atoms with van der Waals surface area (Å²) in [4.78, 5) is 57.5. The summed E-state index contributed by atoms with van der Waals surface area (Å²) < 4.78 is 0. The van der Waals surface area contributed by atoms with Gasteiger partial charge in [-0.1, -0.05) is 6.92 Å². The number of primary amides is 2. The maximum Gasteiger partial charge on any atom is 0.238 e. The van der Waals surface area contributed by atoms with E-state index in [2.05, 4.69) is 10.6 Å². The van der Waals surface area contributed by atoms with Crippen LogP contribution in [0.5, 0.6) is 0 Å². The summed E-state index contributed by atoms with van der Waals surface area (Å²) in [7, 11) is 0. The van der Waals surface area contributed by atoms with E-state index in [0.717, 1.165) is 0 Å². The van der Waals surface area contributed by atoms with Gasteiger partial charge in [0.25, 0.3) is 0 Å². The second-order valence-corrected chi connectivity index (χ2v) is 5.03. The fourth-order valence-corrected chi connectivity index (χ4v) is 1.84. The van der Waals surface area contributed by atoms with E-state index in [0.29, 0.717) is 6.54 Å².